The van der Waals surface area contributed by atoms with Crippen molar-refractivity contribution in [3.63, 3.8) is 0 Å². The Morgan fingerprint density at radius 2 is 1.76 bits per heavy atom. The maximum Gasteiger partial charge on any atom is -0.00679 e. The topological polar surface area (TPSA) is 78.1 Å². The molecule has 3 nitrogen and oxygen atoms in total. The average Bonchev–Trinajstić information content (AvgIpc) is 2.36. The molecule has 0 saturated carbocycles. The van der Waals surface area contributed by atoms with Crippen LogP contribution in [0.2, 0.25) is 0 Å². The van der Waals surface area contributed by atoms with E-state index in [4.69, 9.17) is 17.2 Å². The van der Waals surface area contributed by atoms with Crippen LogP contribution in [0.1, 0.15) is 38.5 Å². The Bertz CT molecular complexity index is 271. The van der Waals surface area contributed by atoms with Crippen molar-refractivity contribution < 1.29 is 0 Å². The zero-order valence-electron chi connectivity index (χ0n) is 10.8. The fourth-order valence-corrected chi connectivity index (χ4v) is 2.48. The fourth-order valence-electron chi connectivity index (χ4n) is 2.48. The van der Waals surface area contributed by atoms with Gasteiger partial charge < -0.3 is 17.2 Å². The number of allylic oxidation sites excluding steroid dienone is 4. The first-order valence-corrected chi connectivity index (χ1v) is 6.75. The minimum atomic E-state index is 0.264. The van der Waals surface area contributed by atoms with Crippen LogP contribution < -0.4 is 17.2 Å². The Labute approximate surface area is 105 Å². The summed E-state index contributed by atoms with van der Waals surface area (Å²) in [5.74, 6) is 0. The van der Waals surface area contributed by atoms with E-state index in [0.717, 1.165) is 58.2 Å². The minimum absolute atomic E-state index is 0.264. The van der Waals surface area contributed by atoms with Gasteiger partial charge in [0.25, 0.3) is 0 Å². The summed E-state index contributed by atoms with van der Waals surface area (Å²) in [5, 5.41) is 0. The monoisotopic (exact) mass is 237 g/mol. The highest BCUT2D eigenvalue weighted by molar-refractivity contribution is 5.26. The number of rotatable bonds is 8. The molecule has 0 saturated heterocycles. The summed E-state index contributed by atoms with van der Waals surface area (Å²) in [6, 6.07) is 0. The lowest BCUT2D eigenvalue weighted by Gasteiger charge is -2.32. The van der Waals surface area contributed by atoms with Crippen molar-refractivity contribution in [2.45, 2.75) is 38.5 Å². The predicted octanol–water partition coefficient (Wildman–Crippen LogP) is 1.69. The lowest BCUT2D eigenvalue weighted by molar-refractivity contribution is 0.320. The van der Waals surface area contributed by atoms with Crippen molar-refractivity contribution in [2.75, 3.05) is 19.6 Å². The third-order valence-corrected chi connectivity index (χ3v) is 3.61. The minimum Gasteiger partial charge on any atom is -0.330 e. The molecule has 1 aliphatic carbocycles. The molecule has 0 radical (unpaired) electrons. The Hall–Kier alpha value is -0.640. The van der Waals surface area contributed by atoms with Crippen LogP contribution in [-0.4, -0.2) is 19.6 Å². The largest absolute Gasteiger partial charge is 0.330 e. The van der Waals surface area contributed by atoms with Gasteiger partial charge in [0.1, 0.15) is 0 Å². The Morgan fingerprint density at radius 3 is 2.29 bits per heavy atom. The molecule has 6 N–H and O–H groups in total. The van der Waals surface area contributed by atoms with E-state index in [0.29, 0.717) is 0 Å². The van der Waals surface area contributed by atoms with Crippen LogP contribution in [0.25, 0.3) is 0 Å². The Balaban J connectivity index is 2.54. The zero-order chi connectivity index (χ0) is 12.6. The third kappa shape index (κ3) is 4.62. The molecule has 1 aliphatic rings. The third-order valence-electron chi connectivity index (χ3n) is 3.61. The summed E-state index contributed by atoms with van der Waals surface area (Å²) in [6.07, 6.45) is 13.6. The first-order valence-electron chi connectivity index (χ1n) is 6.75. The van der Waals surface area contributed by atoms with Gasteiger partial charge in [-0.2, -0.15) is 0 Å². The highest BCUT2D eigenvalue weighted by atomic mass is 14.6. The summed E-state index contributed by atoms with van der Waals surface area (Å²) in [7, 11) is 0. The predicted molar refractivity (Wildman–Crippen MR) is 74.5 cm³/mol. The maximum absolute atomic E-state index is 5.73. The molecular formula is C14H27N3. The van der Waals surface area contributed by atoms with Crippen LogP contribution >= 0.6 is 0 Å². The molecule has 0 spiro atoms. The van der Waals surface area contributed by atoms with Crippen LogP contribution in [0.15, 0.2) is 23.8 Å². The van der Waals surface area contributed by atoms with E-state index in [-0.39, 0.29) is 5.41 Å². The molecule has 1 atom stereocenters. The molecule has 1 rings (SSSR count). The average molecular weight is 237 g/mol. The van der Waals surface area contributed by atoms with E-state index < -0.39 is 0 Å². The van der Waals surface area contributed by atoms with Gasteiger partial charge in [-0.1, -0.05) is 23.8 Å². The summed E-state index contributed by atoms with van der Waals surface area (Å²) in [6.45, 7) is 2.29. The van der Waals surface area contributed by atoms with E-state index in [2.05, 4.69) is 18.2 Å². The fraction of sp³-hybridized carbons (Fsp3) is 0.714. The van der Waals surface area contributed by atoms with E-state index in [1.165, 1.54) is 5.57 Å². The van der Waals surface area contributed by atoms with E-state index in [1.54, 1.807) is 0 Å². The van der Waals surface area contributed by atoms with Gasteiger partial charge in [-0.25, -0.2) is 0 Å². The molecule has 98 valence electrons. The summed E-state index contributed by atoms with van der Waals surface area (Å²) >= 11 is 0. The number of hydrogen-bond donors (Lipinski definition) is 3. The number of hydrogen-bond acceptors (Lipinski definition) is 3. The molecule has 0 bridgehead atoms. The molecule has 0 amide bonds. The van der Waals surface area contributed by atoms with Gasteiger partial charge in [-0.15, -0.1) is 0 Å². The van der Waals surface area contributed by atoms with Gasteiger partial charge in [-0.3, -0.25) is 0 Å². The molecule has 0 aliphatic heterocycles. The molecule has 0 aromatic heterocycles. The molecule has 0 aromatic rings. The first-order chi connectivity index (χ1) is 8.26. The van der Waals surface area contributed by atoms with Gasteiger partial charge in [-0.05, 0) is 63.6 Å². The van der Waals surface area contributed by atoms with E-state index >= 15 is 0 Å². The molecular weight excluding hydrogens is 210 g/mol. The molecule has 17 heavy (non-hydrogen) atoms. The quantitative estimate of drug-likeness (QED) is 0.601. The van der Waals surface area contributed by atoms with Gasteiger partial charge in [0.15, 0.2) is 0 Å². The zero-order valence-corrected chi connectivity index (χ0v) is 10.8. The second kappa shape index (κ2) is 7.64. The van der Waals surface area contributed by atoms with Gasteiger partial charge in [0.2, 0.25) is 0 Å². The standard InChI is InChI=1S/C14H27N3/c15-10-1-3-13-4-7-14(8-5-13,9-12-17)6-2-11-16/h4-5,7H,1-3,6,8-12,15-17H2. The van der Waals surface area contributed by atoms with Crippen molar-refractivity contribution in [1.29, 1.82) is 0 Å². The summed E-state index contributed by atoms with van der Waals surface area (Å²) in [4.78, 5) is 0. The molecule has 0 aromatic carbocycles. The maximum atomic E-state index is 5.73. The molecule has 0 heterocycles. The smallest absolute Gasteiger partial charge is 0.00679 e. The molecule has 0 fully saturated rings. The highest BCUT2D eigenvalue weighted by Gasteiger charge is 2.26. The van der Waals surface area contributed by atoms with Crippen LogP contribution in [0, 0.1) is 5.41 Å². The highest BCUT2D eigenvalue weighted by Crippen LogP contribution is 2.38. The van der Waals surface area contributed by atoms with E-state index in [9.17, 15) is 0 Å². The second-order valence-electron chi connectivity index (χ2n) is 5.00. The van der Waals surface area contributed by atoms with Crippen molar-refractivity contribution in [2.24, 2.45) is 22.6 Å². The second-order valence-corrected chi connectivity index (χ2v) is 5.00. The van der Waals surface area contributed by atoms with Crippen molar-refractivity contribution in [1.82, 2.24) is 0 Å². The lowest BCUT2D eigenvalue weighted by atomic mass is 9.73. The van der Waals surface area contributed by atoms with Crippen LogP contribution in [0.3, 0.4) is 0 Å². The first kappa shape index (κ1) is 14.4. The van der Waals surface area contributed by atoms with Crippen molar-refractivity contribution >= 4 is 0 Å². The van der Waals surface area contributed by atoms with E-state index in [1.807, 2.05) is 0 Å². The Kier molecular flexibility index (Phi) is 6.48. The van der Waals surface area contributed by atoms with Crippen LogP contribution in [0.5, 0.6) is 0 Å². The van der Waals surface area contributed by atoms with Gasteiger partial charge in [0.05, 0.1) is 0 Å². The Morgan fingerprint density at radius 1 is 1.00 bits per heavy atom. The van der Waals surface area contributed by atoms with Crippen molar-refractivity contribution in [3.05, 3.63) is 23.8 Å². The lowest BCUT2D eigenvalue weighted by Crippen LogP contribution is -2.24. The molecule has 1 unspecified atom stereocenters. The van der Waals surface area contributed by atoms with Crippen molar-refractivity contribution in [3.8, 4) is 0 Å². The van der Waals surface area contributed by atoms with Crippen LogP contribution in [0.4, 0.5) is 0 Å². The number of nitrogens with two attached hydrogens (primary N) is 3. The normalized spacial score (nSPS) is 23.8. The van der Waals surface area contributed by atoms with Gasteiger partial charge >= 0.3 is 0 Å². The van der Waals surface area contributed by atoms with Crippen LogP contribution in [-0.2, 0) is 0 Å². The van der Waals surface area contributed by atoms with Gasteiger partial charge in [0, 0.05) is 0 Å². The molecule has 3 heteroatoms. The summed E-state index contributed by atoms with van der Waals surface area (Å²) < 4.78 is 0. The summed E-state index contributed by atoms with van der Waals surface area (Å²) in [5.41, 5.74) is 18.6. The SMILES string of the molecule is NCCCC1=CCC(CCN)(CCCN)C=C1.